The number of rotatable bonds is 4. The molecule has 6 heteroatoms. The summed E-state index contributed by atoms with van der Waals surface area (Å²) < 4.78 is 2.79. The van der Waals surface area contributed by atoms with Crippen molar-refractivity contribution < 1.29 is 0 Å². The Morgan fingerprint density at radius 2 is 2.23 bits per heavy atom. The van der Waals surface area contributed by atoms with Gasteiger partial charge in [0, 0.05) is 19.2 Å². The van der Waals surface area contributed by atoms with E-state index in [0.717, 1.165) is 18.1 Å². The van der Waals surface area contributed by atoms with Gasteiger partial charge in [-0.2, -0.15) is 0 Å². The molecule has 1 N–H and O–H groups in total. The highest BCUT2D eigenvalue weighted by atomic mass is 32.2. The first-order valence-corrected chi connectivity index (χ1v) is 5.29. The molecule has 0 aliphatic rings. The highest BCUT2D eigenvalue weighted by molar-refractivity contribution is 7.97. The Kier molecular flexibility index (Phi) is 4.34. The zero-order chi connectivity index (χ0) is 9.68. The second-order valence-electron chi connectivity index (χ2n) is 2.36. The highest BCUT2D eigenvalue weighted by Crippen LogP contribution is 2.17. The van der Waals surface area contributed by atoms with Crippen molar-refractivity contribution in [2.75, 3.05) is 13.1 Å². The van der Waals surface area contributed by atoms with Gasteiger partial charge in [0.2, 0.25) is 0 Å². The maximum absolute atomic E-state index is 4.93. The zero-order valence-corrected chi connectivity index (χ0v) is 9.28. The molecule has 0 saturated heterocycles. The normalized spacial score (nSPS) is 10.7. The highest BCUT2D eigenvalue weighted by Gasteiger charge is 2.02. The van der Waals surface area contributed by atoms with Crippen LogP contribution in [-0.2, 0) is 0 Å². The predicted molar refractivity (Wildman–Crippen MR) is 56.0 cm³/mol. The van der Waals surface area contributed by atoms with Crippen molar-refractivity contribution in [3.63, 3.8) is 0 Å². The molecular formula is C7H12N4S2. The fourth-order valence-electron chi connectivity index (χ4n) is 0.826. The molecule has 0 atom stereocenters. The third kappa shape index (κ3) is 3.41. The molecule has 0 aliphatic carbocycles. The Morgan fingerprint density at radius 1 is 1.54 bits per heavy atom. The summed E-state index contributed by atoms with van der Waals surface area (Å²) in [4.78, 5) is 0. The van der Waals surface area contributed by atoms with Gasteiger partial charge in [0.1, 0.15) is 9.67 Å². The molecule has 1 heterocycles. The standard InChI is InChI=1S/C7H12N4S2/c1-3-11(4-2)13-7-5-6(12)8-10-9-7/h5H,3-4H2,1-2H3,(H,8,9,12). The van der Waals surface area contributed by atoms with E-state index in [2.05, 4.69) is 33.6 Å². The molecule has 0 aromatic carbocycles. The molecule has 0 saturated carbocycles. The molecule has 1 rings (SSSR count). The second-order valence-corrected chi connectivity index (χ2v) is 3.92. The van der Waals surface area contributed by atoms with Gasteiger partial charge in [-0.25, -0.2) is 9.40 Å². The summed E-state index contributed by atoms with van der Waals surface area (Å²) >= 11 is 6.51. The van der Waals surface area contributed by atoms with Crippen molar-refractivity contribution in [3.8, 4) is 0 Å². The van der Waals surface area contributed by atoms with E-state index in [-0.39, 0.29) is 0 Å². The second kappa shape index (κ2) is 5.31. The molecule has 4 nitrogen and oxygen atoms in total. The molecule has 0 aliphatic heterocycles. The number of hydrogen-bond donors (Lipinski definition) is 1. The third-order valence-electron chi connectivity index (χ3n) is 1.49. The molecule has 0 fully saturated rings. The number of H-pyrrole nitrogens is 1. The van der Waals surface area contributed by atoms with E-state index in [1.807, 2.05) is 6.07 Å². The van der Waals surface area contributed by atoms with Crippen LogP contribution in [0.3, 0.4) is 0 Å². The summed E-state index contributed by atoms with van der Waals surface area (Å²) in [5.74, 6) is 0. The van der Waals surface area contributed by atoms with Gasteiger partial charge in [-0.3, -0.25) is 0 Å². The molecule has 0 spiro atoms. The molecule has 1 aromatic rings. The van der Waals surface area contributed by atoms with Crippen molar-refractivity contribution in [1.29, 1.82) is 0 Å². The topological polar surface area (TPSA) is 44.8 Å². The molecule has 0 unspecified atom stereocenters. The van der Waals surface area contributed by atoms with Crippen LogP contribution in [0.25, 0.3) is 0 Å². The van der Waals surface area contributed by atoms with Crippen molar-refractivity contribution >= 4 is 24.2 Å². The minimum absolute atomic E-state index is 0.615. The van der Waals surface area contributed by atoms with Crippen LogP contribution in [0.15, 0.2) is 11.1 Å². The Morgan fingerprint density at radius 3 is 2.77 bits per heavy atom. The first kappa shape index (κ1) is 10.6. The average Bonchev–Trinajstić information content (AvgIpc) is 2.14. The predicted octanol–water partition coefficient (Wildman–Crippen LogP) is 1.88. The van der Waals surface area contributed by atoms with Gasteiger partial charge >= 0.3 is 0 Å². The Hall–Kier alpha value is -0.460. The smallest absolute Gasteiger partial charge is 0.139 e. The fraction of sp³-hybridized carbons (Fsp3) is 0.571. The number of aromatic nitrogens is 3. The van der Waals surface area contributed by atoms with E-state index in [1.165, 1.54) is 0 Å². The maximum Gasteiger partial charge on any atom is 0.139 e. The Bertz CT molecular complexity index is 307. The lowest BCUT2D eigenvalue weighted by Gasteiger charge is -2.14. The van der Waals surface area contributed by atoms with Crippen LogP contribution in [0.2, 0.25) is 0 Å². The van der Waals surface area contributed by atoms with Crippen LogP contribution in [0, 0.1) is 4.64 Å². The summed E-state index contributed by atoms with van der Waals surface area (Å²) in [5.41, 5.74) is 0. The summed E-state index contributed by atoms with van der Waals surface area (Å²) in [6.07, 6.45) is 0. The fourth-order valence-corrected chi connectivity index (χ4v) is 1.82. The van der Waals surface area contributed by atoms with Crippen LogP contribution in [0.4, 0.5) is 0 Å². The van der Waals surface area contributed by atoms with Crippen LogP contribution < -0.4 is 0 Å². The van der Waals surface area contributed by atoms with Gasteiger partial charge in [-0.15, -0.1) is 5.10 Å². The molecule has 0 amide bonds. The van der Waals surface area contributed by atoms with Gasteiger partial charge in [-0.05, 0) is 11.9 Å². The first-order chi connectivity index (χ1) is 6.26. The van der Waals surface area contributed by atoms with E-state index < -0.39 is 0 Å². The lowest BCUT2D eigenvalue weighted by atomic mass is 10.7. The summed E-state index contributed by atoms with van der Waals surface area (Å²) in [7, 11) is 0. The third-order valence-corrected chi connectivity index (χ3v) is 2.86. The average molecular weight is 216 g/mol. The summed E-state index contributed by atoms with van der Waals surface area (Å²) in [6.45, 7) is 6.17. The molecule has 0 bridgehead atoms. The Labute approximate surface area is 86.9 Å². The number of nitrogens with zero attached hydrogens (tertiary/aromatic N) is 3. The molecule has 72 valence electrons. The molecule has 0 radical (unpaired) electrons. The van der Waals surface area contributed by atoms with Crippen LogP contribution >= 0.6 is 24.2 Å². The van der Waals surface area contributed by atoms with Crippen molar-refractivity contribution in [3.05, 3.63) is 10.7 Å². The van der Waals surface area contributed by atoms with E-state index >= 15 is 0 Å². The quantitative estimate of drug-likeness (QED) is 0.615. The molecule has 1 aromatic heterocycles. The van der Waals surface area contributed by atoms with E-state index in [4.69, 9.17) is 12.2 Å². The monoisotopic (exact) mass is 216 g/mol. The van der Waals surface area contributed by atoms with Crippen molar-refractivity contribution in [2.24, 2.45) is 0 Å². The van der Waals surface area contributed by atoms with Gasteiger partial charge in [-0.1, -0.05) is 31.3 Å². The van der Waals surface area contributed by atoms with Gasteiger partial charge < -0.3 is 0 Å². The zero-order valence-electron chi connectivity index (χ0n) is 7.65. The lowest BCUT2D eigenvalue weighted by molar-refractivity contribution is 0.522. The Balaban J connectivity index is 2.68. The van der Waals surface area contributed by atoms with E-state index in [1.54, 1.807) is 11.9 Å². The number of nitrogens with one attached hydrogen (secondary N) is 1. The van der Waals surface area contributed by atoms with Crippen molar-refractivity contribution in [2.45, 2.75) is 18.9 Å². The largest absolute Gasteiger partial charge is 0.249 e. The maximum atomic E-state index is 4.93. The van der Waals surface area contributed by atoms with Crippen LogP contribution in [0.1, 0.15) is 13.8 Å². The lowest BCUT2D eigenvalue weighted by Crippen LogP contribution is -2.14. The van der Waals surface area contributed by atoms with Crippen LogP contribution in [-0.4, -0.2) is 32.8 Å². The number of hydrogen-bond acceptors (Lipinski definition) is 5. The van der Waals surface area contributed by atoms with E-state index in [9.17, 15) is 0 Å². The number of aromatic amines is 1. The summed E-state index contributed by atoms with van der Waals surface area (Å²) in [5, 5.41) is 11.0. The minimum Gasteiger partial charge on any atom is -0.249 e. The SMILES string of the molecule is CCN(CC)Sc1cc(=S)[nH]nn1. The minimum atomic E-state index is 0.615. The van der Waals surface area contributed by atoms with Crippen LogP contribution in [0.5, 0.6) is 0 Å². The van der Waals surface area contributed by atoms with E-state index in [0.29, 0.717) is 4.64 Å². The van der Waals surface area contributed by atoms with Gasteiger partial charge in [0.25, 0.3) is 0 Å². The first-order valence-electron chi connectivity index (χ1n) is 4.11. The molecule has 13 heavy (non-hydrogen) atoms. The summed E-state index contributed by atoms with van der Waals surface area (Å²) in [6, 6.07) is 1.81. The molecular weight excluding hydrogens is 204 g/mol. The van der Waals surface area contributed by atoms with Crippen molar-refractivity contribution in [1.82, 2.24) is 19.7 Å². The van der Waals surface area contributed by atoms with Gasteiger partial charge in [0.15, 0.2) is 0 Å². The van der Waals surface area contributed by atoms with Gasteiger partial charge in [0.05, 0.1) is 0 Å².